The molecule has 0 spiro atoms. The van der Waals surface area contributed by atoms with Gasteiger partial charge in [-0.1, -0.05) is 0 Å². The molecular formula is C13H18BrFN2O5. The first-order valence-electron chi connectivity index (χ1n) is 5.97. The van der Waals surface area contributed by atoms with Crippen molar-refractivity contribution in [2.24, 2.45) is 5.73 Å². The molecule has 0 aliphatic heterocycles. The largest absolute Gasteiger partial charge is 0.494 e. The lowest BCUT2D eigenvalue weighted by atomic mass is 10.2. The van der Waals surface area contributed by atoms with Gasteiger partial charge in [0.15, 0.2) is 11.6 Å². The molecule has 0 aromatic heterocycles. The standard InChI is InChI=1S/C12H15BrFNO3.CH3NO2/c1-12(2,3)18-11(16)15-9-6-8(14)10(17-4)5-7(9)13;2-1(3)4/h5-6H,1-4H3,(H,15,16);2H2,(H,3,4). The topological polar surface area (TPSA) is 111 Å². The Morgan fingerprint density at radius 2 is 1.86 bits per heavy atom. The number of nitrogens with two attached hydrogens (primary N) is 1. The number of carbonyl (C=O) groups excluding carboxylic acids is 1. The Balaban J connectivity index is 0.000000980. The Morgan fingerprint density at radius 3 is 2.27 bits per heavy atom. The van der Waals surface area contributed by atoms with Crippen LogP contribution in [0.1, 0.15) is 20.8 Å². The lowest BCUT2D eigenvalue weighted by molar-refractivity contribution is 0.0635. The van der Waals surface area contributed by atoms with Crippen LogP contribution < -0.4 is 15.8 Å². The number of ether oxygens (including phenoxy) is 2. The summed E-state index contributed by atoms with van der Waals surface area (Å²) in [5, 5.41) is 9.65. The van der Waals surface area contributed by atoms with Crippen LogP contribution in [0.15, 0.2) is 16.6 Å². The van der Waals surface area contributed by atoms with Gasteiger partial charge < -0.3 is 20.3 Å². The maximum atomic E-state index is 13.5. The van der Waals surface area contributed by atoms with Crippen molar-refractivity contribution in [3.63, 3.8) is 0 Å². The molecule has 4 N–H and O–H groups in total. The average molecular weight is 381 g/mol. The van der Waals surface area contributed by atoms with E-state index < -0.39 is 23.6 Å². The number of primary amides is 1. The van der Waals surface area contributed by atoms with Crippen molar-refractivity contribution < 1.29 is 28.6 Å². The number of anilines is 1. The number of halogens is 2. The molecule has 0 atom stereocenters. The van der Waals surface area contributed by atoms with Gasteiger partial charge in [0.2, 0.25) is 0 Å². The number of carbonyl (C=O) groups is 2. The molecule has 2 amide bonds. The van der Waals surface area contributed by atoms with Gasteiger partial charge in [-0.2, -0.15) is 0 Å². The SMILES string of the molecule is COc1cc(Br)c(NC(=O)OC(C)(C)C)cc1F.NC(=O)O. The Labute approximate surface area is 135 Å². The van der Waals surface area contributed by atoms with Crippen LogP contribution in [0.4, 0.5) is 19.7 Å². The molecule has 7 nitrogen and oxygen atoms in total. The molecule has 0 aliphatic rings. The van der Waals surface area contributed by atoms with Crippen molar-refractivity contribution in [1.29, 1.82) is 0 Å². The maximum Gasteiger partial charge on any atom is 0.412 e. The summed E-state index contributed by atoms with van der Waals surface area (Å²) >= 11 is 3.21. The van der Waals surface area contributed by atoms with Crippen molar-refractivity contribution in [3.05, 3.63) is 22.4 Å². The molecule has 1 aromatic rings. The van der Waals surface area contributed by atoms with Crippen LogP contribution in [0.25, 0.3) is 0 Å². The van der Waals surface area contributed by atoms with Crippen molar-refractivity contribution in [3.8, 4) is 5.75 Å². The molecule has 22 heavy (non-hydrogen) atoms. The molecule has 1 rings (SSSR count). The van der Waals surface area contributed by atoms with E-state index in [1.54, 1.807) is 20.8 Å². The highest BCUT2D eigenvalue weighted by Gasteiger charge is 2.18. The second-order valence-corrected chi connectivity index (χ2v) is 5.79. The minimum atomic E-state index is -1.33. The Bertz CT molecular complexity index is 542. The van der Waals surface area contributed by atoms with Crippen molar-refractivity contribution in [1.82, 2.24) is 0 Å². The molecule has 0 heterocycles. The predicted octanol–water partition coefficient (Wildman–Crippen LogP) is 3.57. The van der Waals surface area contributed by atoms with Crippen molar-refractivity contribution in [2.45, 2.75) is 26.4 Å². The number of hydrogen-bond donors (Lipinski definition) is 3. The minimum Gasteiger partial charge on any atom is -0.494 e. The number of methoxy groups -OCH3 is 1. The Hall–Kier alpha value is -2.03. The first kappa shape index (κ1) is 20.0. The highest BCUT2D eigenvalue weighted by Crippen LogP contribution is 2.30. The summed E-state index contributed by atoms with van der Waals surface area (Å²) in [6, 6.07) is 2.59. The summed E-state index contributed by atoms with van der Waals surface area (Å²) in [4.78, 5) is 20.3. The molecule has 9 heteroatoms. The fourth-order valence-electron chi connectivity index (χ4n) is 1.19. The third-order valence-corrected chi connectivity index (χ3v) is 2.53. The summed E-state index contributed by atoms with van der Waals surface area (Å²) in [6.45, 7) is 5.24. The van der Waals surface area contributed by atoms with Crippen LogP contribution in [0.5, 0.6) is 5.75 Å². The highest BCUT2D eigenvalue weighted by atomic mass is 79.9. The second-order valence-electron chi connectivity index (χ2n) is 4.93. The zero-order valence-electron chi connectivity index (χ0n) is 12.6. The highest BCUT2D eigenvalue weighted by molar-refractivity contribution is 9.10. The first-order valence-corrected chi connectivity index (χ1v) is 6.77. The van der Waals surface area contributed by atoms with E-state index in [4.69, 9.17) is 19.4 Å². The zero-order valence-corrected chi connectivity index (χ0v) is 14.2. The Morgan fingerprint density at radius 1 is 1.36 bits per heavy atom. The van der Waals surface area contributed by atoms with E-state index >= 15 is 0 Å². The number of benzene rings is 1. The number of rotatable bonds is 2. The fourth-order valence-corrected chi connectivity index (χ4v) is 1.62. The van der Waals surface area contributed by atoms with Gasteiger partial charge in [0.25, 0.3) is 0 Å². The van der Waals surface area contributed by atoms with Gasteiger partial charge >= 0.3 is 12.2 Å². The van der Waals surface area contributed by atoms with Gasteiger partial charge in [0.1, 0.15) is 5.60 Å². The normalized spacial score (nSPS) is 10.1. The maximum absolute atomic E-state index is 13.5. The molecule has 124 valence electrons. The molecule has 0 bridgehead atoms. The quantitative estimate of drug-likeness (QED) is 0.725. The van der Waals surface area contributed by atoms with E-state index in [1.807, 2.05) is 0 Å². The minimum absolute atomic E-state index is 0.0941. The average Bonchev–Trinajstić information content (AvgIpc) is 2.30. The van der Waals surface area contributed by atoms with Crippen LogP contribution in [0.2, 0.25) is 0 Å². The smallest absolute Gasteiger partial charge is 0.412 e. The van der Waals surface area contributed by atoms with Gasteiger partial charge in [-0.15, -0.1) is 0 Å². The Kier molecular flexibility index (Phi) is 7.64. The van der Waals surface area contributed by atoms with Crippen LogP contribution >= 0.6 is 15.9 Å². The van der Waals surface area contributed by atoms with Crippen LogP contribution in [0, 0.1) is 5.82 Å². The fraction of sp³-hybridized carbons (Fsp3) is 0.385. The summed E-state index contributed by atoms with van der Waals surface area (Å²) in [5.74, 6) is -0.469. The van der Waals surface area contributed by atoms with Gasteiger partial charge in [0, 0.05) is 10.5 Å². The van der Waals surface area contributed by atoms with Crippen molar-refractivity contribution in [2.75, 3.05) is 12.4 Å². The second kappa shape index (κ2) is 8.42. The van der Waals surface area contributed by atoms with E-state index in [1.165, 1.54) is 13.2 Å². The molecule has 1 aromatic carbocycles. The number of carboxylic acid groups (broad SMARTS) is 1. The van der Waals surface area contributed by atoms with E-state index in [2.05, 4.69) is 27.0 Å². The van der Waals surface area contributed by atoms with Gasteiger partial charge in [-0.3, -0.25) is 5.32 Å². The number of hydrogen-bond acceptors (Lipinski definition) is 4. The summed E-state index contributed by atoms with van der Waals surface area (Å²) in [6.07, 6.45) is -1.98. The first-order chi connectivity index (χ1) is 9.96. The van der Waals surface area contributed by atoms with E-state index in [0.29, 0.717) is 4.47 Å². The molecule has 0 radical (unpaired) electrons. The van der Waals surface area contributed by atoms with Crippen LogP contribution in [0.3, 0.4) is 0 Å². The lowest BCUT2D eigenvalue weighted by Gasteiger charge is -2.20. The van der Waals surface area contributed by atoms with Gasteiger partial charge in [0.05, 0.1) is 12.8 Å². The number of amides is 2. The third-order valence-electron chi connectivity index (χ3n) is 1.88. The molecule has 0 aliphatic carbocycles. The summed E-state index contributed by atoms with van der Waals surface area (Å²) in [5.41, 5.74) is 3.70. The molecule has 0 fully saturated rings. The van der Waals surface area contributed by atoms with Crippen molar-refractivity contribution >= 4 is 33.8 Å². The van der Waals surface area contributed by atoms with Crippen LogP contribution in [-0.4, -0.2) is 30.0 Å². The molecule has 0 saturated heterocycles. The van der Waals surface area contributed by atoms with E-state index in [0.717, 1.165) is 6.07 Å². The van der Waals surface area contributed by atoms with E-state index in [9.17, 15) is 9.18 Å². The summed E-state index contributed by atoms with van der Waals surface area (Å²) < 4.78 is 23.9. The molecular weight excluding hydrogens is 363 g/mol. The summed E-state index contributed by atoms with van der Waals surface area (Å²) in [7, 11) is 1.37. The van der Waals surface area contributed by atoms with Gasteiger partial charge in [-0.25, -0.2) is 14.0 Å². The predicted molar refractivity (Wildman–Crippen MR) is 82.7 cm³/mol. The lowest BCUT2D eigenvalue weighted by Crippen LogP contribution is -2.27. The number of nitrogens with one attached hydrogen (secondary N) is 1. The molecule has 0 unspecified atom stereocenters. The van der Waals surface area contributed by atoms with Gasteiger partial charge in [-0.05, 0) is 42.8 Å². The molecule has 0 saturated carbocycles. The van der Waals surface area contributed by atoms with Crippen LogP contribution in [-0.2, 0) is 4.74 Å². The van der Waals surface area contributed by atoms with E-state index in [-0.39, 0.29) is 11.4 Å². The third kappa shape index (κ3) is 8.30. The zero-order chi connectivity index (χ0) is 17.5. The monoisotopic (exact) mass is 380 g/mol.